The fraction of sp³-hybridized carbons (Fsp3) is 0.200. The van der Waals surface area contributed by atoms with Crippen LogP contribution in [-0.4, -0.2) is 0 Å². The van der Waals surface area contributed by atoms with Gasteiger partial charge in [-0.3, -0.25) is 0 Å². The number of halogens is 2. The molecule has 0 aliphatic heterocycles. The van der Waals surface area contributed by atoms with E-state index in [4.69, 9.17) is 5.73 Å². The van der Waals surface area contributed by atoms with Gasteiger partial charge >= 0.3 is 0 Å². The van der Waals surface area contributed by atoms with E-state index in [1.807, 2.05) is 0 Å². The second-order valence-electron chi connectivity index (χ2n) is 3.00. The lowest BCUT2D eigenvalue weighted by Gasteiger charge is -2.11. The Morgan fingerprint density at radius 2 is 2.00 bits per heavy atom. The molecule has 0 spiro atoms. The van der Waals surface area contributed by atoms with Gasteiger partial charge in [-0.1, -0.05) is 18.2 Å². The van der Waals surface area contributed by atoms with Crippen molar-refractivity contribution >= 4 is 0 Å². The molecule has 0 aromatic heterocycles. The summed E-state index contributed by atoms with van der Waals surface area (Å²) >= 11 is 0. The van der Waals surface area contributed by atoms with E-state index in [2.05, 4.69) is 6.58 Å². The Labute approximate surface area is 75.9 Å². The predicted octanol–water partition coefficient (Wildman–Crippen LogP) is 2.54. The Balaban J connectivity index is 3.03. The van der Waals surface area contributed by atoms with Crippen LogP contribution in [0.3, 0.4) is 0 Å². The number of nitrogens with two attached hydrogens (primary N) is 1. The number of benzene rings is 1. The van der Waals surface area contributed by atoms with Crippen molar-refractivity contribution in [1.82, 2.24) is 0 Å². The molecule has 3 heteroatoms. The summed E-state index contributed by atoms with van der Waals surface area (Å²) in [4.78, 5) is 0. The molecule has 0 saturated heterocycles. The highest BCUT2D eigenvalue weighted by atomic mass is 19.2. The lowest BCUT2D eigenvalue weighted by atomic mass is 10.0. The third-order valence-corrected chi connectivity index (χ3v) is 1.83. The smallest absolute Gasteiger partial charge is 0.159 e. The van der Waals surface area contributed by atoms with Crippen LogP contribution in [0.5, 0.6) is 0 Å². The van der Waals surface area contributed by atoms with E-state index in [1.54, 1.807) is 6.92 Å². The summed E-state index contributed by atoms with van der Waals surface area (Å²) in [5, 5.41) is 0. The highest BCUT2D eigenvalue weighted by Gasteiger charge is 2.09. The number of hydrogen-bond acceptors (Lipinski definition) is 1. The summed E-state index contributed by atoms with van der Waals surface area (Å²) in [5.41, 5.74) is 6.92. The van der Waals surface area contributed by atoms with Crippen molar-refractivity contribution in [1.29, 1.82) is 0 Å². The predicted molar refractivity (Wildman–Crippen MR) is 48.1 cm³/mol. The molecule has 0 radical (unpaired) electrons. The van der Waals surface area contributed by atoms with Crippen molar-refractivity contribution in [3.63, 3.8) is 0 Å². The lowest BCUT2D eigenvalue weighted by Crippen LogP contribution is -2.11. The van der Waals surface area contributed by atoms with Crippen LogP contribution in [0.15, 0.2) is 30.4 Å². The highest BCUT2D eigenvalue weighted by molar-refractivity contribution is 5.26. The molecule has 0 fully saturated rings. The Morgan fingerprint density at radius 1 is 1.38 bits per heavy atom. The second-order valence-corrected chi connectivity index (χ2v) is 3.00. The van der Waals surface area contributed by atoms with Crippen LogP contribution >= 0.6 is 0 Å². The third kappa shape index (κ3) is 2.12. The number of rotatable bonds is 2. The van der Waals surface area contributed by atoms with Gasteiger partial charge in [0, 0.05) is 0 Å². The molecule has 0 aliphatic carbocycles. The number of hydrogen-bond donors (Lipinski definition) is 1. The summed E-state index contributed by atoms with van der Waals surface area (Å²) in [7, 11) is 0. The molecular weight excluding hydrogens is 172 g/mol. The quantitative estimate of drug-likeness (QED) is 0.700. The monoisotopic (exact) mass is 183 g/mol. The first-order valence-corrected chi connectivity index (χ1v) is 3.88. The van der Waals surface area contributed by atoms with E-state index < -0.39 is 17.7 Å². The molecule has 1 atom stereocenters. The molecule has 0 saturated carbocycles. The molecule has 0 aliphatic rings. The third-order valence-electron chi connectivity index (χ3n) is 1.83. The van der Waals surface area contributed by atoms with Crippen LogP contribution in [-0.2, 0) is 0 Å². The Bertz CT molecular complexity index is 334. The van der Waals surface area contributed by atoms with E-state index in [-0.39, 0.29) is 0 Å². The van der Waals surface area contributed by atoms with Crippen molar-refractivity contribution in [3.8, 4) is 0 Å². The van der Waals surface area contributed by atoms with Gasteiger partial charge in [-0.25, -0.2) is 8.78 Å². The van der Waals surface area contributed by atoms with Gasteiger partial charge in [-0.2, -0.15) is 0 Å². The Hall–Kier alpha value is -1.22. The molecule has 1 nitrogen and oxygen atoms in total. The zero-order chi connectivity index (χ0) is 10.0. The van der Waals surface area contributed by atoms with Gasteiger partial charge in [0.25, 0.3) is 0 Å². The van der Waals surface area contributed by atoms with Gasteiger partial charge in [-0.15, -0.1) is 0 Å². The first-order chi connectivity index (χ1) is 6.02. The van der Waals surface area contributed by atoms with Crippen LogP contribution in [0.2, 0.25) is 0 Å². The maximum atomic E-state index is 12.7. The van der Waals surface area contributed by atoms with Gasteiger partial charge in [0.15, 0.2) is 11.6 Å². The van der Waals surface area contributed by atoms with Crippen LogP contribution in [0.25, 0.3) is 0 Å². The van der Waals surface area contributed by atoms with Gasteiger partial charge in [0.1, 0.15) is 0 Å². The zero-order valence-electron chi connectivity index (χ0n) is 7.35. The van der Waals surface area contributed by atoms with E-state index in [0.717, 1.165) is 12.1 Å². The summed E-state index contributed by atoms with van der Waals surface area (Å²) in [6.45, 7) is 5.38. The molecule has 13 heavy (non-hydrogen) atoms. The standard InChI is InChI=1S/C10H11F2N/c1-6(2)10(13)7-3-4-8(11)9(12)5-7/h3-5,10H,1,13H2,2H3/t10-/m0/s1. The summed E-state index contributed by atoms with van der Waals surface area (Å²) in [6.07, 6.45) is 0. The zero-order valence-corrected chi connectivity index (χ0v) is 7.35. The average Bonchev–Trinajstić information content (AvgIpc) is 2.08. The van der Waals surface area contributed by atoms with Gasteiger partial charge in [0.05, 0.1) is 6.04 Å². The molecule has 0 heterocycles. The van der Waals surface area contributed by atoms with Crippen molar-refractivity contribution in [2.45, 2.75) is 13.0 Å². The van der Waals surface area contributed by atoms with E-state index in [9.17, 15) is 8.78 Å². The molecule has 0 amide bonds. The Morgan fingerprint density at radius 3 is 2.46 bits per heavy atom. The van der Waals surface area contributed by atoms with Gasteiger partial charge in [-0.05, 0) is 24.6 Å². The SMILES string of the molecule is C=C(C)[C@H](N)c1ccc(F)c(F)c1. The summed E-state index contributed by atoms with van der Waals surface area (Å²) in [6, 6.07) is 3.18. The minimum atomic E-state index is -0.880. The average molecular weight is 183 g/mol. The molecule has 70 valence electrons. The maximum Gasteiger partial charge on any atom is 0.159 e. The van der Waals surface area contributed by atoms with E-state index >= 15 is 0 Å². The van der Waals surface area contributed by atoms with Crippen molar-refractivity contribution in [2.24, 2.45) is 5.73 Å². The van der Waals surface area contributed by atoms with Crippen LogP contribution in [0.4, 0.5) is 8.78 Å². The molecule has 2 N–H and O–H groups in total. The maximum absolute atomic E-state index is 12.7. The Kier molecular flexibility index (Phi) is 2.78. The molecule has 0 unspecified atom stereocenters. The largest absolute Gasteiger partial charge is 0.321 e. The van der Waals surface area contributed by atoms with E-state index in [1.165, 1.54) is 6.07 Å². The molecule has 1 aromatic rings. The molecular formula is C10H11F2N. The second kappa shape index (κ2) is 3.66. The first-order valence-electron chi connectivity index (χ1n) is 3.88. The van der Waals surface area contributed by atoms with Crippen LogP contribution in [0, 0.1) is 11.6 Å². The fourth-order valence-electron chi connectivity index (χ4n) is 0.990. The molecule has 1 aromatic carbocycles. The first kappa shape index (κ1) is 9.86. The topological polar surface area (TPSA) is 26.0 Å². The van der Waals surface area contributed by atoms with Crippen molar-refractivity contribution in [3.05, 3.63) is 47.5 Å². The fourth-order valence-corrected chi connectivity index (χ4v) is 0.990. The molecule has 1 rings (SSSR count). The van der Waals surface area contributed by atoms with Crippen molar-refractivity contribution in [2.75, 3.05) is 0 Å². The minimum Gasteiger partial charge on any atom is -0.321 e. The van der Waals surface area contributed by atoms with Gasteiger partial charge in [0.2, 0.25) is 0 Å². The summed E-state index contributed by atoms with van der Waals surface area (Å²) < 4.78 is 25.3. The minimum absolute atomic E-state index is 0.435. The van der Waals surface area contributed by atoms with Crippen LogP contribution < -0.4 is 5.73 Å². The van der Waals surface area contributed by atoms with E-state index in [0.29, 0.717) is 11.1 Å². The molecule has 0 bridgehead atoms. The lowest BCUT2D eigenvalue weighted by molar-refractivity contribution is 0.506. The van der Waals surface area contributed by atoms with Gasteiger partial charge < -0.3 is 5.73 Å². The summed E-state index contributed by atoms with van der Waals surface area (Å²) in [5.74, 6) is -1.74. The highest BCUT2D eigenvalue weighted by Crippen LogP contribution is 2.19. The van der Waals surface area contributed by atoms with Crippen LogP contribution in [0.1, 0.15) is 18.5 Å². The normalized spacial score (nSPS) is 12.6. The van der Waals surface area contributed by atoms with Crippen molar-refractivity contribution < 1.29 is 8.78 Å².